The lowest BCUT2D eigenvalue weighted by atomic mass is 9.90. The molecule has 1 spiro atoms. The molecule has 2 N–H and O–H groups in total. The third-order valence-electron chi connectivity index (χ3n) is 8.11. The van der Waals surface area contributed by atoms with Crippen molar-refractivity contribution in [3.63, 3.8) is 0 Å². The molecule has 4 aliphatic rings. The lowest BCUT2D eigenvalue weighted by Crippen LogP contribution is -2.61. The van der Waals surface area contributed by atoms with Crippen LogP contribution < -0.4 is 10.6 Å². The molecule has 198 valence electrons. The first-order valence-electron chi connectivity index (χ1n) is 12.9. The van der Waals surface area contributed by atoms with Gasteiger partial charge in [-0.1, -0.05) is 6.07 Å². The van der Waals surface area contributed by atoms with Crippen LogP contribution in [0.5, 0.6) is 0 Å². The number of morpholine rings is 1. The molecule has 2 amide bonds. The van der Waals surface area contributed by atoms with Crippen LogP contribution in [0.25, 0.3) is 10.9 Å². The van der Waals surface area contributed by atoms with E-state index in [4.69, 9.17) is 10.5 Å². The van der Waals surface area contributed by atoms with Crippen molar-refractivity contribution in [1.29, 1.82) is 0 Å². The summed E-state index contributed by atoms with van der Waals surface area (Å²) in [4.78, 5) is 32.1. The lowest BCUT2D eigenvalue weighted by molar-refractivity contribution is -0.170. The highest BCUT2D eigenvalue weighted by Gasteiger charge is 2.48. The number of primary amides is 1. The van der Waals surface area contributed by atoms with Gasteiger partial charge in [0, 0.05) is 62.6 Å². The van der Waals surface area contributed by atoms with E-state index in [1.54, 1.807) is 14.7 Å². The van der Waals surface area contributed by atoms with E-state index in [9.17, 15) is 18.0 Å². The molecule has 0 unspecified atom stereocenters. The van der Waals surface area contributed by atoms with E-state index >= 15 is 0 Å². The number of hydrogen-bond acceptors (Lipinski definition) is 7. The molecule has 3 saturated heterocycles. The Balaban J connectivity index is 1.07. The number of piperidine rings is 1. The molecule has 0 bridgehead atoms. The maximum Gasteiger partial charge on any atom is 0.282 e. The Hall–Kier alpha value is -2.80. The maximum atomic E-state index is 13.4. The molecule has 4 fully saturated rings. The topological polar surface area (TPSA) is 129 Å². The number of benzene rings is 1. The molecule has 0 radical (unpaired) electrons. The molecular weight excluding hydrogens is 496 g/mol. The van der Waals surface area contributed by atoms with Gasteiger partial charge in [-0.15, -0.1) is 0 Å². The van der Waals surface area contributed by atoms with Crippen LogP contribution in [-0.4, -0.2) is 103 Å². The van der Waals surface area contributed by atoms with Crippen molar-refractivity contribution in [2.24, 2.45) is 5.73 Å². The maximum absolute atomic E-state index is 13.4. The van der Waals surface area contributed by atoms with Crippen molar-refractivity contribution in [3.8, 4) is 0 Å². The number of nitrogens with two attached hydrogens (primary N) is 1. The van der Waals surface area contributed by atoms with Crippen LogP contribution in [0, 0.1) is 0 Å². The van der Waals surface area contributed by atoms with Gasteiger partial charge in [0.25, 0.3) is 10.2 Å². The normalized spacial score (nSPS) is 23.6. The van der Waals surface area contributed by atoms with Crippen molar-refractivity contribution in [3.05, 3.63) is 36.0 Å². The minimum Gasteiger partial charge on any atom is -0.369 e. The number of nitrogens with zero attached hydrogens (tertiary/aromatic N) is 5. The van der Waals surface area contributed by atoms with Gasteiger partial charge in [0.05, 0.1) is 23.2 Å². The van der Waals surface area contributed by atoms with Crippen LogP contribution in [0.2, 0.25) is 0 Å². The number of pyridine rings is 1. The van der Waals surface area contributed by atoms with Crippen molar-refractivity contribution >= 4 is 38.6 Å². The van der Waals surface area contributed by atoms with Crippen molar-refractivity contribution < 1.29 is 22.7 Å². The van der Waals surface area contributed by atoms with Crippen LogP contribution in [0.1, 0.15) is 36.0 Å². The molecule has 6 rings (SSSR count). The summed E-state index contributed by atoms with van der Waals surface area (Å²) in [5, 5.41) is 0.829. The quantitative estimate of drug-likeness (QED) is 0.600. The molecule has 37 heavy (non-hydrogen) atoms. The van der Waals surface area contributed by atoms with E-state index < -0.39 is 21.7 Å². The summed E-state index contributed by atoms with van der Waals surface area (Å²) >= 11 is 0. The highest BCUT2D eigenvalue weighted by atomic mass is 32.2. The standard InChI is InChI=1S/C25H32N6O5S/c26-24(33)19-13-18-1-2-21(14-22(18)27-15-19)28-9-11-30(12-10-28)37(34,35)29-7-5-25(6-8-29)17-31(20-3-4-20)23(32)16-36-25/h1-2,13-15,20H,3-12,16-17H2,(H2,26,33). The number of hydrogen-bond donors (Lipinski definition) is 1. The van der Waals surface area contributed by atoms with Gasteiger partial charge in [0.15, 0.2) is 0 Å². The van der Waals surface area contributed by atoms with Crippen LogP contribution in [0.3, 0.4) is 0 Å². The van der Waals surface area contributed by atoms with Crippen LogP contribution >= 0.6 is 0 Å². The Morgan fingerprint density at radius 2 is 1.73 bits per heavy atom. The number of ether oxygens (including phenoxy) is 1. The Morgan fingerprint density at radius 3 is 2.41 bits per heavy atom. The van der Waals surface area contributed by atoms with Crippen LogP contribution in [0.15, 0.2) is 30.5 Å². The minimum absolute atomic E-state index is 0.0543. The third-order valence-corrected chi connectivity index (χ3v) is 10.1. The van der Waals surface area contributed by atoms with Gasteiger partial charge in [-0.3, -0.25) is 14.6 Å². The third kappa shape index (κ3) is 4.67. The number of rotatable bonds is 5. The van der Waals surface area contributed by atoms with E-state index in [0.29, 0.717) is 70.3 Å². The zero-order valence-electron chi connectivity index (χ0n) is 20.7. The van der Waals surface area contributed by atoms with Gasteiger partial charge < -0.3 is 20.3 Å². The number of fused-ring (bicyclic) bond motifs is 1. The predicted octanol–water partition coefficient (Wildman–Crippen LogP) is 0.556. The Kier molecular flexibility index (Phi) is 6.09. The average molecular weight is 529 g/mol. The summed E-state index contributed by atoms with van der Waals surface area (Å²) in [6, 6.07) is 7.89. The highest BCUT2D eigenvalue weighted by molar-refractivity contribution is 7.86. The summed E-state index contributed by atoms with van der Waals surface area (Å²) in [5.41, 5.74) is 7.01. The zero-order chi connectivity index (χ0) is 25.8. The van der Waals surface area contributed by atoms with Gasteiger partial charge in [-0.05, 0) is 43.9 Å². The molecule has 12 heteroatoms. The molecule has 2 aromatic rings. The molecule has 1 saturated carbocycles. The fraction of sp³-hybridized carbons (Fsp3) is 0.560. The van der Waals surface area contributed by atoms with Gasteiger partial charge in [-0.25, -0.2) is 0 Å². The van der Waals surface area contributed by atoms with E-state index in [0.717, 1.165) is 29.4 Å². The molecule has 3 aliphatic heterocycles. The number of amides is 2. The molecule has 1 aromatic carbocycles. The molecule has 4 heterocycles. The molecule has 11 nitrogen and oxygen atoms in total. The largest absolute Gasteiger partial charge is 0.369 e. The van der Waals surface area contributed by atoms with E-state index in [-0.39, 0.29) is 12.5 Å². The highest BCUT2D eigenvalue weighted by Crippen LogP contribution is 2.37. The Morgan fingerprint density at radius 1 is 1.03 bits per heavy atom. The summed E-state index contributed by atoms with van der Waals surface area (Å²) in [6.45, 7) is 3.42. The first kappa shape index (κ1) is 24.5. The molecule has 1 aromatic heterocycles. The zero-order valence-corrected chi connectivity index (χ0v) is 21.5. The Labute approximate surface area is 216 Å². The van der Waals surface area contributed by atoms with Crippen molar-refractivity contribution in [2.75, 3.05) is 57.3 Å². The number of carbonyl (C=O) groups is 2. The number of anilines is 1. The van der Waals surface area contributed by atoms with Gasteiger partial charge in [0.1, 0.15) is 6.61 Å². The summed E-state index contributed by atoms with van der Waals surface area (Å²) < 4.78 is 36.0. The first-order chi connectivity index (χ1) is 17.7. The molecular formula is C25H32N6O5S. The molecule has 0 atom stereocenters. The predicted molar refractivity (Wildman–Crippen MR) is 137 cm³/mol. The van der Waals surface area contributed by atoms with E-state index in [2.05, 4.69) is 9.88 Å². The smallest absolute Gasteiger partial charge is 0.282 e. The minimum atomic E-state index is -3.57. The van der Waals surface area contributed by atoms with Gasteiger partial charge in [0.2, 0.25) is 11.8 Å². The fourth-order valence-corrected chi connectivity index (χ4v) is 7.26. The van der Waals surface area contributed by atoms with Crippen LogP contribution in [0.4, 0.5) is 5.69 Å². The second kappa shape index (κ2) is 9.19. The van der Waals surface area contributed by atoms with E-state index in [1.165, 1.54) is 6.20 Å². The lowest BCUT2D eigenvalue weighted by Gasteiger charge is -2.47. The van der Waals surface area contributed by atoms with Gasteiger partial charge in [-0.2, -0.15) is 17.0 Å². The molecule has 1 aliphatic carbocycles. The SMILES string of the molecule is NC(=O)c1cnc2cc(N3CCN(S(=O)(=O)N4CCC5(CC4)CN(C4CC4)C(=O)CO5)CC3)ccc2c1. The second-order valence-corrected chi connectivity index (χ2v) is 12.4. The summed E-state index contributed by atoms with van der Waals surface area (Å²) in [5.74, 6) is -0.458. The second-order valence-electron chi connectivity index (χ2n) is 10.5. The number of piperazine rings is 1. The number of carbonyl (C=O) groups excluding carboxylic acids is 2. The van der Waals surface area contributed by atoms with Gasteiger partial charge >= 0.3 is 0 Å². The van der Waals surface area contributed by atoms with Crippen molar-refractivity contribution in [1.82, 2.24) is 18.5 Å². The number of aromatic nitrogens is 1. The summed E-state index contributed by atoms with van der Waals surface area (Å²) in [7, 11) is -3.57. The Bertz CT molecular complexity index is 1330. The van der Waals surface area contributed by atoms with Crippen molar-refractivity contribution in [2.45, 2.75) is 37.3 Å². The fourth-order valence-electron chi connectivity index (χ4n) is 5.67. The first-order valence-corrected chi connectivity index (χ1v) is 14.3. The van der Waals surface area contributed by atoms with Crippen LogP contribution in [-0.2, 0) is 19.7 Å². The van der Waals surface area contributed by atoms with E-state index in [1.807, 2.05) is 23.1 Å². The monoisotopic (exact) mass is 528 g/mol. The summed E-state index contributed by atoms with van der Waals surface area (Å²) in [6.07, 6.45) is 4.79. The average Bonchev–Trinajstić information content (AvgIpc) is 3.75.